The quantitative estimate of drug-likeness (QED) is 0.598. The minimum Gasteiger partial charge on any atom is -0.0888 e. The van der Waals surface area contributed by atoms with Crippen LogP contribution in [0.5, 0.6) is 0 Å². The van der Waals surface area contributed by atoms with E-state index in [1.54, 1.807) is 0 Å². The third-order valence-corrected chi connectivity index (χ3v) is 3.29. The molecule has 0 aliphatic rings. The van der Waals surface area contributed by atoms with E-state index in [1.807, 2.05) is 0 Å². The lowest BCUT2D eigenvalue weighted by molar-refractivity contribution is 0.486. The summed E-state index contributed by atoms with van der Waals surface area (Å²) in [6, 6.07) is 0. The summed E-state index contributed by atoms with van der Waals surface area (Å²) >= 11 is 3.70. The summed E-state index contributed by atoms with van der Waals surface area (Å²) in [6.07, 6.45) is 5.29. The van der Waals surface area contributed by atoms with Gasteiger partial charge in [0.25, 0.3) is 0 Å². The zero-order chi connectivity index (χ0) is 7.98. The summed E-state index contributed by atoms with van der Waals surface area (Å²) in [5, 5.41) is 0. The maximum atomic E-state index is 3.70. The lowest BCUT2D eigenvalue weighted by Crippen LogP contribution is -2.09. The van der Waals surface area contributed by atoms with Crippen molar-refractivity contribution < 1.29 is 0 Å². The van der Waals surface area contributed by atoms with Crippen LogP contribution >= 0.6 is 15.9 Å². The van der Waals surface area contributed by atoms with Crippen molar-refractivity contribution in [2.24, 2.45) is 5.92 Å². The summed E-state index contributed by atoms with van der Waals surface area (Å²) in [6.45, 7) is 6.83. The largest absolute Gasteiger partial charge is 0.0888 e. The second-order valence-corrected chi connectivity index (χ2v) is 4.25. The van der Waals surface area contributed by atoms with Gasteiger partial charge in [-0.15, -0.1) is 0 Å². The zero-order valence-corrected chi connectivity index (χ0v) is 8.95. The average molecular weight is 207 g/mol. The Balaban J connectivity index is 3.38. The van der Waals surface area contributed by atoms with Gasteiger partial charge in [0.15, 0.2) is 0 Å². The summed E-state index contributed by atoms with van der Waals surface area (Å²) in [4.78, 5) is 0.748. The standard InChI is InChI=1S/C9H19Br/c1-4-6-8(3)9(10)7-5-2/h8-9H,4-7H2,1-3H3. The molecule has 0 aliphatic carbocycles. The van der Waals surface area contributed by atoms with E-state index in [2.05, 4.69) is 36.7 Å². The summed E-state index contributed by atoms with van der Waals surface area (Å²) in [5.74, 6) is 0.852. The molecule has 62 valence electrons. The molecule has 0 amide bonds. The molecule has 0 fully saturated rings. The number of hydrogen-bond donors (Lipinski definition) is 0. The fourth-order valence-electron chi connectivity index (χ4n) is 1.20. The maximum absolute atomic E-state index is 3.70. The Morgan fingerprint density at radius 3 is 2.00 bits per heavy atom. The monoisotopic (exact) mass is 206 g/mol. The molecule has 0 N–H and O–H groups in total. The molecule has 0 saturated carbocycles. The van der Waals surface area contributed by atoms with Crippen LogP contribution in [0.15, 0.2) is 0 Å². The van der Waals surface area contributed by atoms with E-state index in [0.29, 0.717) is 0 Å². The molecule has 10 heavy (non-hydrogen) atoms. The lowest BCUT2D eigenvalue weighted by atomic mass is 9.99. The maximum Gasteiger partial charge on any atom is 0.0171 e. The zero-order valence-electron chi connectivity index (χ0n) is 7.36. The van der Waals surface area contributed by atoms with E-state index >= 15 is 0 Å². The van der Waals surface area contributed by atoms with Gasteiger partial charge in [0.2, 0.25) is 0 Å². The van der Waals surface area contributed by atoms with E-state index in [4.69, 9.17) is 0 Å². The molecule has 0 aromatic rings. The van der Waals surface area contributed by atoms with E-state index in [-0.39, 0.29) is 0 Å². The smallest absolute Gasteiger partial charge is 0.0171 e. The van der Waals surface area contributed by atoms with Gasteiger partial charge in [0.05, 0.1) is 0 Å². The van der Waals surface area contributed by atoms with Crippen LogP contribution < -0.4 is 0 Å². The van der Waals surface area contributed by atoms with Crippen molar-refractivity contribution in [2.75, 3.05) is 0 Å². The van der Waals surface area contributed by atoms with E-state index in [1.165, 1.54) is 25.7 Å². The predicted molar refractivity (Wildman–Crippen MR) is 51.7 cm³/mol. The molecule has 0 spiro atoms. The fourth-order valence-corrected chi connectivity index (χ4v) is 1.92. The molecular formula is C9H19Br. The van der Waals surface area contributed by atoms with Crippen molar-refractivity contribution in [2.45, 2.75) is 51.3 Å². The first-order chi connectivity index (χ1) is 4.72. The van der Waals surface area contributed by atoms with Gasteiger partial charge in [-0.1, -0.05) is 49.5 Å². The highest BCUT2D eigenvalue weighted by Gasteiger charge is 2.10. The Morgan fingerprint density at radius 2 is 1.60 bits per heavy atom. The van der Waals surface area contributed by atoms with Crippen molar-refractivity contribution in [1.82, 2.24) is 0 Å². The minimum atomic E-state index is 0.748. The molecular weight excluding hydrogens is 188 g/mol. The first kappa shape index (κ1) is 10.5. The van der Waals surface area contributed by atoms with Crippen molar-refractivity contribution in [3.8, 4) is 0 Å². The fraction of sp³-hybridized carbons (Fsp3) is 1.00. The number of halogens is 1. The van der Waals surface area contributed by atoms with Gasteiger partial charge >= 0.3 is 0 Å². The summed E-state index contributed by atoms with van der Waals surface area (Å²) in [7, 11) is 0. The normalized spacial score (nSPS) is 16.8. The van der Waals surface area contributed by atoms with Crippen molar-refractivity contribution in [1.29, 1.82) is 0 Å². The van der Waals surface area contributed by atoms with E-state index in [0.717, 1.165) is 10.7 Å². The van der Waals surface area contributed by atoms with Gasteiger partial charge in [-0.3, -0.25) is 0 Å². The van der Waals surface area contributed by atoms with Crippen molar-refractivity contribution >= 4 is 15.9 Å². The molecule has 0 bridgehead atoms. The lowest BCUT2D eigenvalue weighted by Gasteiger charge is -2.16. The topological polar surface area (TPSA) is 0 Å². The van der Waals surface area contributed by atoms with E-state index in [9.17, 15) is 0 Å². The molecule has 0 radical (unpaired) electrons. The summed E-state index contributed by atoms with van der Waals surface area (Å²) in [5.41, 5.74) is 0. The second-order valence-electron chi connectivity index (χ2n) is 3.07. The Kier molecular flexibility index (Phi) is 6.50. The van der Waals surface area contributed by atoms with Crippen LogP contribution in [0, 0.1) is 5.92 Å². The van der Waals surface area contributed by atoms with Crippen molar-refractivity contribution in [3.63, 3.8) is 0 Å². The van der Waals surface area contributed by atoms with Crippen LogP contribution in [-0.4, -0.2) is 4.83 Å². The minimum absolute atomic E-state index is 0.748. The van der Waals surface area contributed by atoms with Crippen LogP contribution in [0.1, 0.15) is 46.5 Å². The Labute approximate surface area is 73.5 Å². The second kappa shape index (κ2) is 6.21. The Morgan fingerprint density at radius 1 is 1.10 bits per heavy atom. The highest BCUT2D eigenvalue weighted by molar-refractivity contribution is 9.09. The van der Waals surface area contributed by atoms with Crippen LogP contribution in [0.25, 0.3) is 0 Å². The highest BCUT2D eigenvalue weighted by Crippen LogP contribution is 2.21. The van der Waals surface area contributed by atoms with Gasteiger partial charge in [-0.25, -0.2) is 0 Å². The number of rotatable bonds is 5. The highest BCUT2D eigenvalue weighted by atomic mass is 79.9. The first-order valence-corrected chi connectivity index (χ1v) is 5.28. The molecule has 0 aliphatic heterocycles. The molecule has 1 heteroatoms. The number of hydrogen-bond acceptors (Lipinski definition) is 0. The van der Waals surface area contributed by atoms with E-state index < -0.39 is 0 Å². The number of alkyl halides is 1. The van der Waals surface area contributed by atoms with Gasteiger partial charge in [0.1, 0.15) is 0 Å². The molecule has 2 atom stereocenters. The van der Waals surface area contributed by atoms with Crippen molar-refractivity contribution in [3.05, 3.63) is 0 Å². The SMILES string of the molecule is CCCC(C)C(Br)CCC. The first-order valence-electron chi connectivity index (χ1n) is 4.36. The van der Waals surface area contributed by atoms with Crippen LogP contribution in [0.3, 0.4) is 0 Å². The molecule has 0 aromatic heterocycles. The molecule has 0 aromatic carbocycles. The average Bonchev–Trinajstić information content (AvgIpc) is 1.89. The molecule has 2 unspecified atom stereocenters. The van der Waals surface area contributed by atoms with Crippen LogP contribution in [0.2, 0.25) is 0 Å². The molecule has 0 rings (SSSR count). The Bertz CT molecular complexity index is 61.1. The van der Waals surface area contributed by atoms with Gasteiger partial charge < -0.3 is 0 Å². The third-order valence-electron chi connectivity index (χ3n) is 1.93. The van der Waals surface area contributed by atoms with Crippen LogP contribution in [0.4, 0.5) is 0 Å². The molecule has 0 heterocycles. The molecule has 0 saturated heterocycles. The van der Waals surface area contributed by atoms with Crippen LogP contribution in [-0.2, 0) is 0 Å². The van der Waals surface area contributed by atoms with Gasteiger partial charge in [0, 0.05) is 4.83 Å². The molecule has 0 nitrogen and oxygen atoms in total. The third kappa shape index (κ3) is 4.32. The Hall–Kier alpha value is 0.480. The van der Waals surface area contributed by atoms with Gasteiger partial charge in [-0.05, 0) is 18.8 Å². The summed E-state index contributed by atoms with van der Waals surface area (Å²) < 4.78 is 0. The predicted octanol–water partition coefficient (Wildman–Crippen LogP) is 3.99. The van der Waals surface area contributed by atoms with Gasteiger partial charge in [-0.2, -0.15) is 0 Å².